The molecule has 1 unspecified atom stereocenters. The SMILES string of the molecule is Cn1cc(CCC(N)c2cc(F)c(Cl)cc2F)cn1. The summed E-state index contributed by atoms with van der Waals surface area (Å²) in [5.41, 5.74) is 7.04. The monoisotopic (exact) mass is 285 g/mol. The summed E-state index contributed by atoms with van der Waals surface area (Å²) < 4.78 is 28.7. The van der Waals surface area contributed by atoms with Crippen LogP contribution in [0.15, 0.2) is 24.5 Å². The predicted octanol–water partition coefficient (Wildman–Crippen LogP) is 2.98. The van der Waals surface area contributed by atoms with E-state index in [0.29, 0.717) is 12.8 Å². The topological polar surface area (TPSA) is 43.8 Å². The fraction of sp³-hybridized carbons (Fsp3) is 0.308. The number of nitrogens with two attached hydrogens (primary N) is 1. The number of nitrogens with zero attached hydrogens (tertiary/aromatic N) is 2. The Morgan fingerprint density at radius 3 is 2.74 bits per heavy atom. The highest BCUT2D eigenvalue weighted by molar-refractivity contribution is 6.30. The number of hydrogen-bond acceptors (Lipinski definition) is 2. The van der Waals surface area contributed by atoms with Crippen molar-refractivity contribution in [3.63, 3.8) is 0 Å². The highest BCUT2D eigenvalue weighted by Gasteiger charge is 2.15. The Labute approximate surface area is 115 Å². The molecule has 2 N–H and O–H groups in total. The molecule has 0 aliphatic rings. The van der Waals surface area contributed by atoms with Gasteiger partial charge in [-0.1, -0.05) is 11.6 Å². The van der Waals surface area contributed by atoms with Crippen molar-refractivity contribution in [2.24, 2.45) is 12.8 Å². The Kier molecular flexibility index (Phi) is 4.17. The molecule has 0 aliphatic heterocycles. The summed E-state index contributed by atoms with van der Waals surface area (Å²) in [6.45, 7) is 0. The lowest BCUT2D eigenvalue weighted by atomic mass is 10.0. The number of halogens is 3. The van der Waals surface area contributed by atoms with Gasteiger partial charge in [0.1, 0.15) is 11.6 Å². The Bertz CT molecular complexity index is 583. The molecule has 0 fully saturated rings. The Morgan fingerprint density at radius 2 is 2.11 bits per heavy atom. The molecule has 1 aromatic carbocycles. The van der Waals surface area contributed by atoms with Crippen LogP contribution in [0.25, 0.3) is 0 Å². The highest BCUT2D eigenvalue weighted by Crippen LogP contribution is 2.25. The third-order valence-electron chi connectivity index (χ3n) is 2.94. The van der Waals surface area contributed by atoms with Crippen LogP contribution in [-0.2, 0) is 13.5 Å². The zero-order valence-corrected chi connectivity index (χ0v) is 11.2. The second-order valence-electron chi connectivity index (χ2n) is 4.46. The molecule has 1 atom stereocenters. The first-order valence-electron chi connectivity index (χ1n) is 5.85. The van der Waals surface area contributed by atoms with Crippen molar-refractivity contribution in [3.8, 4) is 0 Å². The average molecular weight is 286 g/mol. The number of benzene rings is 1. The summed E-state index contributed by atoms with van der Waals surface area (Å²) in [4.78, 5) is 0. The van der Waals surface area contributed by atoms with Crippen molar-refractivity contribution >= 4 is 11.6 Å². The molecule has 102 valence electrons. The van der Waals surface area contributed by atoms with Gasteiger partial charge in [-0.15, -0.1) is 0 Å². The van der Waals surface area contributed by atoms with Crippen LogP contribution in [0.3, 0.4) is 0 Å². The third-order valence-corrected chi connectivity index (χ3v) is 3.23. The van der Waals surface area contributed by atoms with Crippen LogP contribution >= 0.6 is 11.6 Å². The van der Waals surface area contributed by atoms with E-state index >= 15 is 0 Å². The van der Waals surface area contributed by atoms with E-state index in [2.05, 4.69) is 5.10 Å². The molecular formula is C13H14ClF2N3. The standard InChI is InChI=1S/C13H14ClF2N3/c1-19-7-8(6-18-19)2-3-13(17)9-4-12(16)10(14)5-11(9)15/h4-7,13H,2-3,17H2,1H3. The van der Waals surface area contributed by atoms with Crippen molar-refractivity contribution < 1.29 is 8.78 Å². The van der Waals surface area contributed by atoms with Crippen LogP contribution in [0, 0.1) is 11.6 Å². The van der Waals surface area contributed by atoms with E-state index in [4.69, 9.17) is 17.3 Å². The summed E-state index contributed by atoms with van der Waals surface area (Å²) in [5.74, 6) is -1.24. The van der Waals surface area contributed by atoms with Crippen LogP contribution in [0.1, 0.15) is 23.6 Å². The van der Waals surface area contributed by atoms with E-state index in [1.54, 1.807) is 10.9 Å². The van der Waals surface area contributed by atoms with E-state index in [0.717, 1.165) is 17.7 Å². The van der Waals surface area contributed by atoms with Crippen LogP contribution in [0.4, 0.5) is 8.78 Å². The molecule has 2 aromatic rings. The normalized spacial score (nSPS) is 12.7. The van der Waals surface area contributed by atoms with Gasteiger partial charge < -0.3 is 5.73 Å². The minimum atomic E-state index is -0.658. The molecule has 0 bridgehead atoms. The smallest absolute Gasteiger partial charge is 0.142 e. The number of hydrogen-bond donors (Lipinski definition) is 1. The molecule has 0 amide bonds. The maximum atomic E-state index is 13.7. The van der Waals surface area contributed by atoms with Gasteiger partial charge in [-0.25, -0.2) is 8.78 Å². The predicted molar refractivity (Wildman–Crippen MR) is 69.8 cm³/mol. The lowest BCUT2D eigenvalue weighted by molar-refractivity contribution is 0.548. The lowest BCUT2D eigenvalue weighted by Crippen LogP contribution is -2.13. The minimum Gasteiger partial charge on any atom is -0.324 e. The highest BCUT2D eigenvalue weighted by atomic mass is 35.5. The van der Waals surface area contributed by atoms with Crippen molar-refractivity contribution in [1.29, 1.82) is 0 Å². The molecule has 19 heavy (non-hydrogen) atoms. The van der Waals surface area contributed by atoms with Gasteiger partial charge >= 0.3 is 0 Å². The maximum Gasteiger partial charge on any atom is 0.142 e. The lowest BCUT2D eigenvalue weighted by Gasteiger charge is -2.13. The van der Waals surface area contributed by atoms with Crippen molar-refractivity contribution in [2.75, 3.05) is 0 Å². The summed E-state index contributed by atoms with van der Waals surface area (Å²) in [7, 11) is 1.82. The van der Waals surface area contributed by atoms with Gasteiger partial charge in [0.05, 0.1) is 11.2 Å². The molecule has 1 heterocycles. The molecule has 3 nitrogen and oxygen atoms in total. The Hall–Kier alpha value is -1.46. The summed E-state index contributed by atoms with van der Waals surface area (Å²) in [5, 5.41) is 3.80. The number of aryl methyl sites for hydroxylation is 2. The van der Waals surface area contributed by atoms with Gasteiger partial charge in [0.25, 0.3) is 0 Å². The molecule has 0 spiro atoms. The second kappa shape index (κ2) is 5.67. The second-order valence-corrected chi connectivity index (χ2v) is 4.86. The van der Waals surface area contributed by atoms with Crippen LogP contribution in [-0.4, -0.2) is 9.78 Å². The molecule has 0 aliphatic carbocycles. The van der Waals surface area contributed by atoms with E-state index in [-0.39, 0.29) is 10.6 Å². The Morgan fingerprint density at radius 1 is 1.37 bits per heavy atom. The first kappa shape index (κ1) is 14.0. The average Bonchev–Trinajstić information content (AvgIpc) is 2.77. The zero-order chi connectivity index (χ0) is 14.0. The van der Waals surface area contributed by atoms with Crippen LogP contribution in [0.2, 0.25) is 5.02 Å². The van der Waals surface area contributed by atoms with Gasteiger partial charge in [0.2, 0.25) is 0 Å². The number of rotatable bonds is 4. The fourth-order valence-corrected chi connectivity index (χ4v) is 2.05. The van der Waals surface area contributed by atoms with Gasteiger partial charge in [-0.3, -0.25) is 4.68 Å². The molecule has 0 saturated carbocycles. The molecule has 2 rings (SSSR count). The van der Waals surface area contributed by atoms with E-state index < -0.39 is 17.7 Å². The van der Waals surface area contributed by atoms with Crippen LogP contribution < -0.4 is 5.73 Å². The maximum absolute atomic E-state index is 13.7. The molecule has 0 saturated heterocycles. The first-order valence-corrected chi connectivity index (χ1v) is 6.22. The van der Waals surface area contributed by atoms with Crippen molar-refractivity contribution in [1.82, 2.24) is 9.78 Å². The van der Waals surface area contributed by atoms with Gasteiger partial charge in [0, 0.05) is 24.8 Å². The Balaban J connectivity index is 2.07. The first-order chi connectivity index (χ1) is 8.97. The molecule has 0 radical (unpaired) electrons. The summed E-state index contributed by atoms with van der Waals surface area (Å²) in [6, 6.07) is 1.44. The summed E-state index contributed by atoms with van der Waals surface area (Å²) >= 11 is 5.50. The fourth-order valence-electron chi connectivity index (χ4n) is 1.90. The third kappa shape index (κ3) is 3.30. The number of aromatic nitrogens is 2. The van der Waals surface area contributed by atoms with E-state index in [1.807, 2.05) is 13.2 Å². The quantitative estimate of drug-likeness (QED) is 0.878. The van der Waals surface area contributed by atoms with E-state index in [1.165, 1.54) is 0 Å². The van der Waals surface area contributed by atoms with Gasteiger partial charge in [-0.2, -0.15) is 5.10 Å². The molecule has 6 heteroatoms. The van der Waals surface area contributed by atoms with Crippen LogP contribution in [0.5, 0.6) is 0 Å². The molecular weight excluding hydrogens is 272 g/mol. The van der Waals surface area contributed by atoms with E-state index in [9.17, 15) is 8.78 Å². The van der Waals surface area contributed by atoms with Gasteiger partial charge in [0.15, 0.2) is 0 Å². The summed E-state index contributed by atoms with van der Waals surface area (Å²) in [6.07, 6.45) is 4.75. The largest absolute Gasteiger partial charge is 0.324 e. The van der Waals surface area contributed by atoms with Crippen molar-refractivity contribution in [2.45, 2.75) is 18.9 Å². The zero-order valence-electron chi connectivity index (χ0n) is 10.4. The van der Waals surface area contributed by atoms with Gasteiger partial charge in [-0.05, 0) is 30.5 Å². The minimum absolute atomic E-state index is 0.144. The van der Waals surface area contributed by atoms with Crippen molar-refractivity contribution in [3.05, 3.63) is 52.3 Å². The molecule has 1 aromatic heterocycles.